The summed E-state index contributed by atoms with van der Waals surface area (Å²) in [4.78, 5) is 91.1. The summed E-state index contributed by atoms with van der Waals surface area (Å²) >= 11 is 5.83. The van der Waals surface area contributed by atoms with Gasteiger partial charge in [0, 0.05) is 65.0 Å². The van der Waals surface area contributed by atoms with Crippen LogP contribution in [0.5, 0.6) is 0 Å². The number of carbonyl (C=O) groups excluding carboxylic acids is 4. The van der Waals surface area contributed by atoms with Crippen LogP contribution in [0.15, 0.2) is 70.3 Å². The highest BCUT2D eigenvalue weighted by molar-refractivity contribution is 6.60. The van der Waals surface area contributed by atoms with E-state index in [1.54, 1.807) is 32.2 Å². The topological polar surface area (TPSA) is 253 Å². The van der Waals surface area contributed by atoms with E-state index in [0.29, 0.717) is 79.3 Å². The number of aromatic nitrogens is 8. The number of carbonyl (C=O) groups is 4. The van der Waals surface area contributed by atoms with Crippen LogP contribution in [0.2, 0.25) is 5.15 Å². The Balaban J connectivity index is 0.000000160. The second-order valence-electron chi connectivity index (χ2n) is 21.2. The summed E-state index contributed by atoms with van der Waals surface area (Å²) in [5, 5.41) is 5.52. The van der Waals surface area contributed by atoms with Gasteiger partial charge in [-0.25, -0.2) is 49.5 Å². The van der Waals surface area contributed by atoms with Gasteiger partial charge in [-0.2, -0.15) is 26.3 Å². The SMILES string of the molecule is C[C@@H](CC(=O)c1ccc2c(n1)N(C(=O)Nc1cc(Cl)ncn1)[C@H]1CCN2C1)C(F)(F)F.Cc1ncc(-c2cc(NC(=O)N3c4nc(C(=O)C[C@H](C)C(F)(F)F)ccc4N4CC[C@H]3C4)ncn2)o1.Cc1ncc(B2OC(C)(C)C(C)(C)O2)o1. The molecule has 11 rings (SSSR count). The Bertz CT molecular complexity index is 3370. The van der Waals surface area contributed by atoms with Crippen molar-refractivity contribution in [1.82, 2.24) is 39.9 Å². The highest BCUT2D eigenvalue weighted by atomic mass is 35.5. The van der Waals surface area contributed by atoms with Crippen molar-refractivity contribution < 1.29 is 63.7 Å². The molecule has 5 aliphatic rings. The van der Waals surface area contributed by atoms with Gasteiger partial charge < -0.3 is 27.9 Å². The summed E-state index contributed by atoms with van der Waals surface area (Å²) in [6.45, 7) is 16.0. The van der Waals surface area contributed by atoms with Crippen molar-refractivity contribution in [2.24, 2.45) is 11.8 Å². The van der Waals surface area contributed by atoms with Crippen molar-refractivity contribution in [2.45, 2.75) is 117 Å². The third kappa shape index (κ3) is 12.8. The van der Waals surface area contributed by atoms with Crippen LogP contribution in [-0.4, -0.2) is 132 Å². The highest BCUT2D eigenvalue weighted by Gasteiger charge is 2.53. The van der Waals surface area contributed by atoms with Gasteiger partial charge in [-0.15, -0.1) is 0 Å². The zero-order valence-corrected chi connectivity index (χ0v) is 46.4. The number of pyridine rings is 2. The van der Waals surface area contributed by atoms with Gasteiger partial charge in [-0.1, -0.05) is 25.4 Å². The van der Waals surface area contributed by atoms with Gasteiger partial charge in [-0.05, 0) is 64.8 Å². The molecule has 3 saturated heterocycles. The molecule has 0 aromatic carbocycles. The summed E-state index contributed by atoms with van der Waals surface area (Å²) in [6, 6.07) is 7.53. The fourth-order valence-corrected chi connectivity index (χ4v) is 9.62. The van der Waals surface area contributed by atoms with Crippen molar-refractivity contribution in [3.8, 4) is 11.5 Å². The molecule has 22 nitrogen and oxygen atoms in total. The number of nitrogens with zero attached hydrogens (tertiary/aromatic N) is 12. The lowest BCUT2D eigenvalue weighted by Crippen LogP contribution is -2.48. The zero-order chi connectivity index (χ0) is 59.2. The molecule has 4 bridgehead atoms. The van der Waals surface area contributed by atoms with Crippen LogP contribution in [0.25, 0.3) is 11.5 Å². The van der Waals surface area contributed by atoms with Crippen LogP contribution in [-0.2, 0) is 9.31 Å². The van der Waals surface area contributed by atoms with Crippen LogP contribution >= 0.6 is 11.6 Å². The number of amides is 4. The van der Waals surface area contributed by atoms with Gasteiger partial charge in [-0.3, -0.25) is 30.0 Å². The average Bonchev–Trinajstić information content (AvgIpc) is 3.15. The largest absolute Gasteiger partial charge is 0.534 e. The van der Waals surface area contributed by atoms with E-state index < -0.39 is 67.8 Å². The number of halogens is 7. The number of anilines is 6. The number of aryl methyl sites for hydroxylation is 2. The maximum absolute atomic E-state index is 13.4. The smallest absolute Gasteiger partial charge is 0.450 e. The van der Waals surface area contributed by atoms with Gasteiger partial charge in [0.1, 0.15) is 46.5 Å². The first-order valence-electron chi connectivity index (χ1n) is 26.0. The van der Waals surface area contributed by atoms with E-state index in [4.69, 9.17) is 29.7 Å². The average molecular weight is 1170 g/mol. The molecule has 434 valence electrons. The highest BCUT2D eigenvalue weighted by Crippen LogP contribution is 2.42. The molecule has 3 fully saturated rings. The van der Waals surface area contributed by atoms with Crippen LogP contribution < -0.4 is 35.9 Å². The Morgan fingerprint density at radius 1 is 0.671 bits per heavy atom. The second-order valence-corrected chi connectivity index (χ2v) is 21.6. The minimum absolute atomic E-state index is 0.111. The quantitative estimate of drug-likeness (QED) is 0.0560. The van der Waals surface area contributed by atoms with E-state index in [1.807, 2.05) is 37.5 Å². The monoisotopic (exact) mass is 1160 g/mol. The van der Waals surface area contributed by atoms with Gasteiger partial charge in [0.15, 0.2) is 46.4 Å². The van der Waals surface area contributed by atoms with Gasteiger partial charge in [0.25, 0.3) is 0 Å². The molecule has 6 aromatic rings. The predicted octanol–water partition coefficient (Wildman–Crippen LogP) is 9.45. The molecule has 0 saturated carbocycles. The maximum Gasteiger partial charge on any atom is 0.534 e. The first-order chi connectivity index (χ1) is 38.5. The summed E-state index contributed by atoms with van der Waals surface area (Å²) in [5.41, 5.74) is 1.44. The summed E-state index contributed by atoms with van der Waals surface area (Å²) in [6.07, 6.45) is -3.39. The molecular weight excluding hydrogens is 1110 g/mol. The van der Waals surface area contributed by atoms with Crippen molar-refractivity contribution >= 4 is 82.7 Å². The number of rotatable bonds is 10. The molecule has 0 aliphatic carbocycles. The number of hydrogen-bond acceptors (Lipinski definition) is 18. The minimum Gasteiger partial charge on any atom is -0.450 e. The molecule has 82 heavy (non-hydrogen) atoms. The number of oxazole rings is 2. The van der Waals surface area contributed by atoms with Gasteiger partial charge >= 0.3 is 31.5 Å². The molecule has 2 N–H and O–H groups in total. The maximum atomic E-state index is 13.4. The number of hydrogen-bond donors (Lipinski definition) is 2. The molecular formula is C52H56BClF6N14O8. The van der Waals surface area contributed by atoms with E-state index in [9.17, 15) is 45.5 Å². The lowest BCUT2D eigenvalue weighted by atomic mass is 9.87. The Morgan fingerprint density at radius 2 is 1.13 bits per heavy atom. The third-order valence-electron chi connectivity index (χ3n) is 14.8. The molecule has 0 spiro atoms. The van der Waals surface area contributed by atoms with Crippen LogP contribution in [0, 0.1) is 25.7 Å². The van der Waals surface area contributed by atoms with Crippen LogP contribution in [0.1, 0.15) is 100.0 Å². The van der Waals surface area contributed by atoms with E-state index in [-0.39, 0.29) is 63.1 Å². The molecule has 30 heteroatoms. The van der Waals surface area contributed by atoms with E-state index in [2.05, 4.69) is 50.5 Å². The number of alkyl halides is 6. The third-order valence-corrected chi connectivity index (χ3v) is 15.0. The number of Topliss-reactive ketones (excluding diaryl/α,β-unsaturated/α-hetero) is 2. The molecule has 0 unspecified atom stereocenters. The number of ketones is 2. The molecule has 4 atom stereocenters. The van der Waals surface area contributed by atoms with Crippen LogP contribution in [0.3, 0.4) is 0 Å². The fourth-order valence-electron chi connectivity index (χ4n) is 9.48. The summed E-state index contributed by atoms with van der Waals surface area (Å²) < 4.78 is 99.9. The van der Waals surface area contributed by atoms with Gasteiger partial charge in [0.05, 0.1) is 58.9 Å². The number of urea groups is 2. The molecule has 11 heterocycles. The van der Waals surface area contributed by atoms with Crippen LogP contribution in [0.4, 0.5) is 70.6 Å². The van der Waals surface area contributed by atoms with Crippen molar-refractivity contribution in [2.75, 3.05) is 56.4 Å². The van der Waals surface area contributed by atoms with E-state index in [0.717, 1.165) is 13.8 Å². The predicted molar refractivity (Wildman–Crippen MR) is 287 cm³/mol. The Hall–Kier alpha value is -7.79. The molecule has 0 radical (unpaired) electrons. The second kappa shape index (κ2) is 22.9. The zero-order valence-electron chi connectivity index (χ0n) is 45.6. The van der Waals surface area contributed by atoms with Crippen molar-refractivity contribution in [1.29, 1.82) is 0 Å². The molecule has 6 aromatic heterocycles. The molecule has 5 aliphatic heterocycles. The normalized spacial score (nSPS) is 19.0. The first kappa shape index (κ1) is 58.9. The Morgan fingerprint density at radius 3 is 1.57 bits per heavy atom. The molecule has 4 amide bonds. The lowest BCUT2D eigenvalue weighted by molar-refractivity contribution is -0.169. The Labute approximate surface area is 470 Å². The minimum atomic E-state index is -4.48. The van der Waals surface area contributed by atoms with Crippen molar-refractivity contribution in [3.05, 3.63) is 89.8 Å². The lowest BCUT2D eigenvalue weighted by Gasteiger charge is -2.35. The Kier molecular flexibility index (Phi) is 16.4. The van der Waals surface area contributed by atoms with E-state index in [1.165, 1.54) is 52.9 Å². The summed E-state index contributed by atoms with van der Waals surface area (Å²) in [5.74, 6) is -2.69. The summed E-state index contributed by atoms with van der Waals surface area (Å²) in [7, 11) is -0.448. The standard InChI is InChI=1S/C23H22F3N7O3.C19H18ClF3N6O2.C10H16BNO3/c1-12(23(24,25)26)7-18(34)15-3-4-17-21(30-15)33(14-5-6-32(17)10-14)22(35)31-20-8-16(28-11-29-20)19-9-27-13(2)36-19;1-10(19(21,22)23)6-14(30)12-2-3-13-17(26-12)29(11-4-5-28(13)8-11)18(31)27-16-7-15(20)24-9-25-16;1-7-12-6-8(13-7)11-14-9(2,3)10(4,5)15-11/h3-4,8-9,11-12,14H,5-7,10H2,1-2H3,(H,28,29,31,35);2-3,7,9-11H,4-6,8H2,1H3,(H,24,25,27,31);6H,1-5H3/t12-,14-;10-,11-;/m00./s1. The number of nitrogens with one attached hydrogen (secondary N) is 2. The first-order valence-corrected chi connectivity index (χ1v) is 26.4. The van der Waals surface area contributed by atoms with E-state index >= 15 is 0 Å². The van der Waals surface area contributed by atoms with Crippen molar-refractivity contribution in [3.63, 3.8) is 0 Å². The fraction of sp³-hybridized carbons (Fsp3) is 0.462. The van der Waals surface area contributed by atoms with Gasteiger partial charge in [0.2, 0.25) is 0 Å². The number of fused-ring (bicyclic) bond motifs is 8.